The van der Waals surface area contributed by atoms with Crippen molar-refractivity contribution in [1.29, 1.82) is 0 Å². The maximum atomic E-state index is 12.9. The molecule has 1 fully saturated rings. The second-order valence-corrected chi connectivity index (χ2v) is 9.50. The number of piperazine rings is 1. The van der Waals surface area contributed by atoms with E-state index in [1.54, 1.807) is 41.3 Å². The number of ether oxygens (including phenoxy) is 1. The van der Waals surface area contributed by atoms with Crippen LogP contribution in [0.4, 0.5) is 4.39 Å². The van der Waals surface area contributed by atoms with Crippen molar-refractivity contribution in [3.05, 3.63) is 58.8 Å². The number of sulfonamides is 1. The summed E-state index contributed by atoms with van der Waals surface area (Å²) in [5.74, 6) is 0.216. The number of nitrogens with zero attached hydrogens (tertiary/aromatic N) is 2. The third-order valence-electron chi connectivity index (χ3n) is 4.66. The highest BCUT2D eigenvalue weighted by Crippen LogP contribution is 2.20. The first-order valence-electron chi connectivity index (χ1n) is 9.28. The van der Waals surface area contributed by atoms with E-state index in [2.05, 4.69) is 15.9 Å². The van der Waals surface area contributed by atoms with Crippen LogP contribution < -0.4 is 4.74 Å². The van der Waals surface area contributed by atoms with E-state index in [4.69, 9.17) is 4.74 Å². The second kappa shape index (κ2) is 9.69. The van der Waals surface area contributed by atoms with Gasteiger partial charge in [0.2, 0.25) is 15.9 Å². The smallest absolute Gasteiger partial charge is 0.243 e. The molecule has 29 heavy (non-hydrogen) atoms. The molecule has 0 N–H and O–H groups in total. The average molecular weight is 485 g/mol. The van der Waals surface area contributed by atoms with Crippen LogP contribution in [0, 0.1) is 5.82 Å². The van der Waals surface area contributed by atoms with Crippen molar-refractivity contribution in [3.63, 3.8) is 0 Å². The van der Waals surface area contributed by atoms with Gasteiger partial charge in [-0.2, -0.15) is 4.31 Å². The molecule has 0 saturated carbocycles. The van der Waals surface area contributed by atoms with Crippen LogP contribution in [0.2, 0.25) is 0 Å². The summed E-state index contributed by atoms with van der Waals surface area (Å²) in [7, 11) is -3.55. The minimum atomic E-state index is -3.55. The first-order valence-corrected chi connectivity index (χ1v) is 11.5. The summed E-state index contributed by atoms with van der Waals surface area (Å²) in [4.78, 5) is 14.3. The minimum Gasteiger partial charge on any atom is -0.494 e. The Balaban J connectivity index is 1.43. The highest BCUT2D eigenvalue weighted by atomic mass is 79.9. The summed E-state index contributed by atoms with van der Waals surface area (Å²) >= 11 is 3.30. The van der Waals surface area contributed by atoms with E-state index in [0.29, 0.717) is 38.3 Å². The van der Waals surface area contributed by atoms with Gasteiger partial charge in [-0.3, -0.25) is 4.79 Å². The van der Waals surface area contributed by atoms with E-state index in [-0.39, 0.29) is 29.7 Å². The molecule has 1 aliphatic heterocycles. The van der Waals surface area contributed by atoms with Gasteiger partial charge in [-0.1, -0.05) is 15.9 Å². The first-order chi connectivity index (χ1) is 13.9. The molecule has 0 unspecified atom stereocenters. The number of rotatable bonds is 7. The monoisotopic (exact) mass is 484 g/mol. The van der Waals surface area contributed by atoms with Crippen LogP contribution in [-0.4, -0.2) is 56.3 Å². The van der Waals surface area contributed by atoms with Gasteiger partial charge in [0.05, 0.1) is 11.5 Å². The Kier molecular flexibility index (Phi) is 7.26. The van der Waals surface area contributed by atoms with Gasteiger partial charge in [0.15, 0.2) is 0 Å². The minimum absolute atomic E-state index is 0.0200. The Morgan fingerprint density at radius 3 is 2.24 bits per heavy atom. The molecule has 1 amide bonds. The van der Waals surface area contributed by atoms with Crippen LogP contribution in [0.5, 0.6) is 5.75 Å². The molecular weight excluding hydrogens is 463 g/mol. The Bertz CT molecular complexity index is 928. The third kappa shape index (κ3) is 5.77. The van der Waals surface area contributed by atoms with Gasteiger partial charge >= 0.3 is 0 Å². The molecule has 6 nitrogen and oxygen atoms in total. The van der Waals surface area contributed by atoms with Gasteiger partial charge in [-0.25, -0.2) is 12.8 Å². The topological polar surface area (TPSA) is 66.9 Å². The lowest BCUT2D eigenvalue weighted by Crippen LogP contribution is -2.50. The van der Waals surface area contributed by atoms with Crippen molar-refractivity contribution in [3.8, 4) is 5.75 Å². The largest absolute Gasteiger partial charge is 0.494 e. The zero-order valence-electron chi connectivity index (χ0n) is 15.8. The van der Waals surface area contributed by atoms with Gasteiger partial charge in [0, 0.05) is 37.1 Å². The van der Waals surface area contributed by atoms with Crippen LogP contribution in [0.3, 0.4) is 0 Å². The van der Waals surface area contributed by atoms with Crippen LogP contribution in [0.25, 0.3) is 0 Å². The molecule has 0 aliphatic carbocycles. The Morgan fingerprint density at radius 1 is 1.00 bits per heavy atom. The predicted octanol–water partition coefficient (Wildman–Crippen LogP) is 3.28. The van der Waals surface area contributed by atoms with E-state index in [0.717, 1.165) is 4.47 Å². The maximum Gasteiger partial charge on any atom is 0.243 e. The van der Waals surface area contributed by atoms with E-state index >= 15 is 0 Å². The number of halogens is 2. The zero-order chi connectivity index (χ0) is 20.9. The predicted molar refractivity (Wildman–Crippen MR) is 111 cm³/mol. The number of carbonyl (C=O) groups excluding carboxylic acids is 1. The highest BCUT2D eigenvalue weighted by Gasteiger charge is 2.29. The molecule has 9 heteroatoms. The van der Waals surface area contributed by atoms with Crippen molar-refractivity contribution in [1.82, 2.24) is 9.21 Å². The standard InChI is InChI=1S/C20H22BrFN2O4S/c21-16-3-9-19(10-4-16)29(26,27)24-13-11-23(12-14-24)20(25)2-1-15-28-18-7-5-17(22)6-8-18/h3-10H,1-2,11-15H2. The lowest BCUT2D eigenvalue weighted by atomic mass is 10.2. The summed E-state index contributed by atoms with van der Waals surface area (Å²) in [6, 6.07) is 12.3. The maximum absolute atomic E-state index is 12.9. The molecule has 3 rings (SSSR count). The zero-order valence-corrected chi connectivity index (χ0v) is 18.2. The van der Waals surface area contributed by atoms with Crippen molar-refractivity contribution in [2.45, 2.75) is 17.7 Å². The lowest BCUT2D eigenvalue weighted by Gasteiger charge is -2.34. The lowest BCUT2D eigenvalue weighted by molar-refractivity contribution is -0.132. The average Bonchev–Trinajstić information content (AvgIpc) is 2.73. The van der Waals surface area contributed by atoms with Crippen molar-refractivity contribution < 1.29 is 22.3 Å². The SMILES string of the molecule is O=C(CCCOc1ccc(F)cc1)N1CCN(S(=O)(=O)c2ccc(Br)cc2)CC1. The quantitative estimate of drug-likeness (QED) is 0.565. The van der Waals surface area contributed by atoms with Crippen molar-refractivity contribution in [2.24, 2.45) is 0 Å². The third-order valence-corrected chi connectivity index (χ3v) is 7.10. The molecule has 1 saturated heterocycles. The molecule has 2 aromatic rings. The van der Waals surface area contributed by atoms with E-state index in [1.807, 2.05) is 0 Å². The molecule has 0 aromatic heterocycles. The first kappa shape index (κ1) is 21.7. The molecular formula is C20H22BrFN2O4S. The van der Waals surface area contributed by atoms with Crippen LogP contribution in [0.15, 0.2) is 57.9 Å². The summed E-state index contributed by atoms with van der Waals surface area (Å²) in [5, 5.41) is 0. The summed E-state index contributed by atoms with van der Waals surface area (Å²) in [5.41, 5.74) is 0. The van der Waals surface area contributed by atoms with E-state index < -0.39 is 10.0 Å². The van der Waals surface area contributed by atoms with Gasteiger partial charge in [0.25, 0.3) is 0 Å². The fourth-order valence-corrected chi connectivity index (χ4v) is 4.72. The Labute approximate surface area is 178 Å². The Hall–Kier alpha value is -1.97. The van der Waals surface area contributed by atoms with Crippen LogP contribution in [-0.2, 0) is 14.8 Å². The fourth-order valence-electron chi connectivity index (χ4n) is 3.04. The van der Waals surface area contributed by atoms with Crippen LogP contribution in [0.1, 0.15) is 12.8 Å². The van der Waals surface area contributed by atoms with Crippen molar-refractivity contribution >= 4 is 31.9 Å². The van der Waals surface area contributed by atoms with E-state index in [9.17, 15) is 17.6 Å². The van der Waals surface area contributed by atoms with Gasteiger partial charge in [-0.05, 0) is 55.0 Å². The van der Waals surface area contributed by atoms with Gasteiger partial charge < -0.3 is 9.64 Å². The number of carbonyl (C=O) groups is 1. The molecule has 0 bridgehead atoms. The molecule has 1 heterocycles. The number of hydrogen-bond acceptors (Lipinski definition) is 4. The number of hydrogen-bond donors (Lipinski definition) is 0. The summed E-state index contributed by atoms with van der Waals surface area (Å²) in [6.07, 6.45) is 0.855. The number of benzene rings is 2. The normalized spacial score (nSPS) is 15.3. The highest BCUT2D eigenvalue weighted by molar-refractivity contribution is 9.10. The molecule has 0 spiro atoms. The van der Waals surface area contributed by atoms with Crippen LogP contribution >= 0.6 is 15.9 Å². The summed E-state index contributed by atoms with van der Waals surface area (Å²) < 4.78 is 46.0. The molecule has 0 radical (unpaired) electrons. The number of amides is 1. The Morgan fingerprint density at radius 2 is 1.62 bits per heavy atom. The van der Waals surface area contributed by atoms with Gasteiger partial charge in [-0.15, -0.1) is 0 Å². The molecule has 0 atom stereocenters. The van der Waals surface area contributed by atoms with Crippen molar-refractivity contribution in [2.75, 3.05) is 32.8 Å². The van der Waals surface area contributed by atoms with Gasteiger partial charge in [0.1, 0.15) is 11.6 Å². The van der Waals surface area contributed by atoms with E-state index in [1.165, 1.54) is 16.4 Å². The molecule has 1 aliphatic rings. The molecule has 2 aromatic carbocycles. The molecule has 156 valence electrons. The second-order valence-electron chi connectivity index (χ2n) is 6.64. The fraction of sp³-hybridized carbons (Fsp3) is 0.350. The summed E-state index contributed by atoms with van der Waals surface area (Å²) in [6.45, 7) is 1.64.